The maximum absolute atomic E-state index is 11.2. The molecule has 0 aliphatic heterocycles. The van der Waals surface area contributed by atoms with Gasteiger partial charge in [-0.2, -0.15) is 0 Å². The summed E-state index contributed by atoms with van der Waals surface area (Å²) < 4.78 is 22.8. The Morgan fingerprint density at radius 2 is 1.70 bits per heavy atom. The molecule has 6 heteroatoms. The lowest BCUT2D eigenvalue weighted by Crippen LogP contribution is -2.10. The molecular weight excluding hydrogens is 378 g/mol. The van der Waals surface area contributed by atoms with Crippen LogP contribution in [0.2, 0.25) is 0 Å². The van der Waals surface area contributed by atoms with Gasteiger partial charge in [-0.25, -0.2) is 8.42 Å². The number of halogens is 1. The van der Waals surface area contributed by atoms with Crippen LogP contribution in [0.15, 0.2) is 50.7 Å². The van der Waals surface area contributed by atoms with Gasteiger partial charge < -0.3 is 4.98 Å². The molecule has 0 aliphatic rings. The van der Waals surface area contributed by atoms with Crippen LogP contribution in [0, 0.1) is 13.8 Å². The zero-order valence-corrected chi connectivity index (χ0v) is 16.0. The molecule has 1 N–H and O–H groups in total. The number of hydrogen-bond acceptors (Lipinski definition) is 3. The van der Waals surface area contributed by atoms with E-state index < -0.39 is 9.84 Å². The lowest BCUT2D eigenvalue weighted by molar-refractivity contribution is 0.602. The van der Waals surface area contributed by atoms with E-state index in [0.717, 1.165) is 21.2 Å². The maximum atomic E-state index is 11.2. The zero-order chi connectivity index (χ0) is 17.6. The van der Waals surface area contributed by atoms with Crippen LogP contribution < -0.4 is 5.56 Å². The van der Waals surface area contributed by atoms with Crippen LogP contribution in [0.5, 0.6) is 0 Å². The molecule has 1 aromatic heterocycles. The highest BCUT2D eigenvalue weighted by molar-refractivity contribution is 9.10. The number of hydrogen-bond donors (Lipinski definition) is 1. The number of aromatic amines is 1. The minimum Gasteiger partial charge on any atom is -0.328 e. The third kappa shape index (κ3) is 5.80. The van der Waals surface area contributed by atoms with E-state index in [1.807, 2.05) is 26.0 Å². The molecule has 2 rings (SSSR count). The van der Waals surface area contributed by atoms with Gasteiger partial charge in [-0.15, -0.1) is 0 Å². The molecule has 1 aromatic carbocycles. The summed E-state index contributed by atoms with van der Waals surface area (Å²) in [6, 6.07) is 6.81. The second-order valence-electron chi connectivity index (χ2n) is 5.09. The van der Waals surface area contributed by atoms with E-state index in [2.05, 4.69) is 20.9 Å². The van der Waals surface area contributed by atoms with Gasteiger partial charge in [-0.3, -0.25) is 4.79 Å². The van der Waals surface area contributed by atoms with Gasteiger partial charge in [-0.1, -0.05) is 29.8 Å². The topological polar surface area (TPSA) is 67.0 Å². The van der Waals surface area contributed by atoms with Gasteiger partial charge >= 0.3 is 0 Å². The molecule has 0 fully saturated rings. The van der Waals surface area contributed by atoms with Gasteiger partial charge in [0.1, 0.15) is 0 Å². The second kappa shape index (κ2) is 8.26. The van der Waals surface area contributed by atoms with Crippen LogP contribution in [0.1, 0.15) is 23.6 Å². The van der Waals surface area contributed by atoms with Gasteiger partial charge in [0.2, 0.25) is 0 Å². The summed E-state index contributed by atoms with van der Waals surface area (Å²) in [7, 11) is -3.02. The third-order valence-electron chi connectivity index (χ3n) is 3.11. The third-order valence-corrected chi connectivity index (χ3v) is 4.90. The molecule has 0 saturated heterocycles. The molecule has 0 saturated carbocycles. The molecule has 2 aromatic rings. The summed E-state index contributed by atoms with van der Waals surface area (Å²) in [6.07, 6.45) is 6.68. The predicted molar refractivity (Wildman–Crippen MR) is 98.5 cm³/mol. The highest BCUT2D eigenvalue weighted by Crippen LogP contribution is 2.17. The Hall–Kier alpha value is -1.66. The number of rotatable bonds is 2. The van der Waals surface area contributed by atoms with Crippen molar-refractivity contribution in [3.63, 3.8) is 0 Å². The molecular formula is C17H20BrNO3S. The molecule has 0 unspecified atom stereocenters. The standard InChI is InChI=1S/C9H10BrNO.C8H10O2S/c1-3-4-7-6(2)9(12)11-5-8(7)10;1-7-3-5-8(6-4-7)11(2,9)10/h3-5H,1-2H3,(H,11,12);3-6H,1-2H3/b4-3-;. The number of H-pyrrole nitrogens is 1. The van der Waals surface area contributed by atoms with E-state index >= 15 is 0 Å². The number of sulfone groups is 1. The van der Waals surface area contributed by atoms with Gasteiger partial charge in [0, 0.05) is 22.5 Å². The molecule has 1 heterocycles. The van der Waals surface area contributed by atoms with Crippen molar-refractivity contribution >= 4 is 31.8 Å². The smallest absolute Gasteiger partial charge is 0.251 e. The first-order valence-electron chi connectivity index (χ1n) is 6.94. The normalized spacial score (nSPS) is 11.2. The number of pyridine rings is 1. The van der Waals surface area contributed by atoms with Crippen LogP contribution in [0.4, 0.5) is 0 Å². The zero-order valence-electron chi connectivity index (χ0n) is 13.6. The summed E-state index contributed by atoms with van der Waals surface area (Å²) in [5, 5.41) is 0. The summed E-state index contributed by atoms with van der Waals surface area (Å²) in [4.78, 5) is 14.2. The molecule has 0 aliphatic carbocycles. The molecule has 0 spiro atoms. The highest BCUT2D eigenvalue weighted by atomic mass is 79.9. The Labute approximate surface area is 145 Å². The first-order valence-corrected chi connectivity index (χ1v) is 9.62. The molecule has 0 amide bonds. The average molecular weight is 398 g/mol. The van der Waals surface area contributed by atoms with Crippen molar-refractivity contribution in [2.45, 2.75) is 25.7 Å². The van der Waals surface area contributed by atoms with Crippen molar-refractivity contribution < 1.29 is 8.42 Å². The molecule has 0 bridgehead atoms. The number of nitrogens with one attached hydrogen (secondary N) is 1. The van der Waals surface area contributed by atoms with Crippen LogP contribution in [-0.2, 0) is 9.84 Å². The second-order valence-corrected chi connectivity index (χ2v) is 7.96. The predicted octanol–water partition coefficient (Wildman–Crippen LogP) is 3.88. The number of aromatic nitrogens is 1. The fraction of sp³-hybridized carbons (Fsp3) is 0.235. The van der Waals surface area contributed by atoms with Crippen molar-refractivity contribution in [1.82, 2.24) is 4.98 Å². The van der Waals surface area contributed by atoms with Crippen molar-refractivity contribution in [2.75, 3.05) is 6.26 Å². The first-order chi connectivity index (χ1) is 10.7. The van der Waals surface area contributed by atoms with Gasteiger partial charge in [-0.05, 0) is 54.4 Å². The van der Waals surface area contributed by atoms with Crippen LogP contribution in [0.3, 0.4) is 0 Å². The van der Waals surface area contributed by atoms with Gasteiger partial charge in [0.05, 0.1) is 4.90 Å². The fourth-order valence-corrected chi connectivity index (χ4v) is 2.95. The summed E-state index contributed by atoms with van der Waals surface area (Å²) in [6.45, 7) is 5.65. The monoisotopic (exact) mass is 397 g/mol. The van der Waals surface area contributed by atoms with Gasteiger partial charge in [0.15, 0.2) is 9.84 Å². The summed E-state index contributed by atoms with van der Waals surface area (Å²) in [5.41, 5.74) is 2.72. The van der Waals surface area contributed by atoms with E-state index in [9.17, 15) is 13.2 Å². The Bertz CT molecular complexity index is 850. The molecule has 4 nitrogen and oxygen atoms in total. The minimum atomic E-state index is -3.02. The Morgan fingerprint density at radius 1 is 1.13 bits per heavy atom. The van der Waals surface area contributed by atoms with Crippen molar-refractivity contribution in [1.29, 1.82) is 0 Å². The molecule has 0 radical (unpaired) electrons. The van der Waals surface area contributed by atoms with Crippen molar-refractivity contribution in [3.05, 3.63) is 68.1 Å². The number of allylic oxidation sites excluding steroid dienone is 1. The highest BCUT2D eigenvalue weighted by Gasteiger charge is 2.04. The molecule has 0 atom stereocenters. The van der Waals surface area contributed by atoms with E-state index in [-0.39, 0.29) is 5.56 Å². The minimum absolute atomic E-state index is 0.0358. The molecule has 124 valence electrons. The van der Waals surface area contributed by atoms with E-state index in [1.165, 1.54) is 6.26 Å². The van der Waals surface area contributed by atoms with E-state index in [1.54, 1.807) is 37.4 Å². The number of aryl methyl sites for hydroxylation is 1. The quantitative estimate of drug-likeness (QED) is 0.835. The SMILES string of the molecule is C/C=C\c1c(Br)c[nH]c(=O)c1C.Cc1ccc(S(C)(=O)=O)cc1. The maximum Gasteiger partial charge on any atom is 0.251 e. The van der Waals surface area contributed by atoms with Crippen LogP contribution in [0.25, 0.3) is 6.08 Å². The Kier molecular flexibility index (Phi) is 6.97. The van der Waals surface area contributed by atoms with Crippen LogP contribution in [-0.4, -0.2) is 19.7 Å². The molecule has 23 heavy (non-hydrogen) atoms. The van der Waals surface area contributed by atoms with Gasteiger partial charge in [0.25, 0.3) is 5.56 Å². The lowest BCUT2D eigenvalue weighted by Gasteiger charge is -2.00. The van der Waals surface area contributed by atoms with E-state index in [4.69, 9.17) is 0 Å². The van der Waals surface area contributed by atoms with E-state index in [0.29, 0.717) is 4.90 Å². The average Bonchev–Trinajstić information content (AvgIpc) is 2.48. The lowest BCUT2D eigenvalue weighted by atomic mass is 10.1. The Balaban J connectivity index is 0.000000231. The summed E-state index contributed by atoms with van der Waals surface area (Å²) in [5.74, 6) is 0. The first kappa shape index (κ1) is 19.4. The largest absolute Gasteiger partial charge is 0.328 e. The fourth-order valence-electron chi connectivity index (χ4n) is 1.77. The number of benzene rings is 1. The Morgan fingerprint density at radius 3 is 2.17 bits per heavy atom. The van der Waals surface area contributed by atoms with Crippen molar-refractivity contribution in [3.8, 4) is 0 Å². The summed E-state index contributed by atoms with van der Waals surface area (Å²) >= 11 is 3.36. The van der Waals surface area contributed by atoms with Crippen molar-refractivity contribution in [2.24, 2.45) is 0 Å². The van der Waals surface area contributed by atoms with Crippen LogP contribution >= 0.6 is 15.9 Å².